The number of aryl methyl sites for hydroxylation is 1. The fraction of sp³-hybridized carbons (Fsp3) is 0.150. The lowest BCUT2D eigenvalue weighted by Gasteiger charge is -2.05. The Labute approximate surface area is 160 Å². The van der Waals surface area contributed by atoms with Crippen LogP contribution in [-0.2, 0) is 6.54 Å². The van der Waals surface area contributed by atoms with E-state index in [0.717, 1.165) is 21.8 Å². The van der Waals surface area contributed by atoms with E-state index in [1.807, 2.05) is 59.5 Å². The number of carbonyl (C=O) groups excluding carboxylic acids is 1. The van der Waals surface area contributed by atoms with Crippen LogP contribution in [0.3, 0.4) is 0 Å². The van der Waals surface area contributed by atoms with Crippen LogP contribution in [0.2, 0.25) is 0 Å². The van der Waals surface area contributed by atoms with Crippen LogP contribution in [0.1, 0.15) is 16.2 Å². The summed E-state index contributed by atoms with van der Waals surface area (Å²) < 4.78 is 7.17. The maximum Gasteiger partial charge on any atom is 0.273 e. The van der Waals surface area contributed by atoms with Crippen LogP contribution in [0.15, 0.2) is 64.5 Å². The van der Waals surface area contributed by atoms with Crippen LogP contribution in [-0.4, -0.2) is 27.4 Å². The highest BCUT2D eigenvalue weighted by atomic mass is 32.1. The first-order chi connectivity index (χ1) is 13.2. The first-order valence-electron chi connectivity index (χ1n) is 8.59. The number of nitrogens with one attached hydrogen (secondary N) is 1. The van der Waals surface area contributed by atoms with Gasteiger partial charge in [0.2, 0.25) is 0 Å². The molecule has 0 radical (unpaired) electrons. The molecule has 136 valence electrons. The summed E-state index contributed by atoms with van der Waals surface area (Å²) in [7, 11) is 0. The Kier molecular flexibility index (Phi) is 4.84. The minimum absolute atomic E-state index is 0.260. The van der Waals surface area contributed by atoms with Crippen LogP contribution in [0.4, 0.5) is 0 Å². The number of hydrogen-bond acceptors (Lipinski definition) is 5. The maximum atomic E-state index is 12.3. The third-order valence-electron chi connectivity index (χ3n) is 4.17. The molecule has 1 N–H and O–H groups in total. The van der Waals surface area contributed by atoms with Gasteiger partial charge in [-0.1, -0.05) is 41.6 Å². The van der Waals surface area contributed by atoms with Crippen molar-refractivity contribution in [2.24, 2.45) is 0 Å². The molecule has 7 heteroatoms. The Hall–Kier alpha value is -3.19. The monoisotopic (exact) mass is 378 g/mol. The highest BCUT2D eigenvalue weighted by Crippen LogP contribution is 2.24. The van der Waals surface area contributed by atoms with E-state index < -0.39 is 0 Å². The van der Waals surface area contributed by atoms with Crippen molar-refractivity contribution in [3.63, 3.8) is 0 Å². The van der Waals surface area contributed by atoms with Gasteiger partial charge < -0.3 is 9.84 Å². The van der Waals surface area contributed by atoms with Gasteiger partial charge in [-0.25, -0.2) is 0 Å². The quantitative estimate of drug-likeness (QED) is 0.550. The van der Waals surface area contributed by atoms with Gasteiger partial charge in [0.15, 0.2) is 11.5 Å². The molecule has 4 rings (SSSR count). The molecular formula is C20H18N4O2S. The van der Waals surface area contributed by atoms with Gasteiger partial charge in [0.25, 0.3) is 5.91 Å². The van der Waals surface area contributed by atoms with Crippen LogP contribution < -0.4 is 5.32 Å². The Balaban J connectivity index is 1.36. The number of amides is 1. The number of nitrogens with zero attached hydrogens (tertiary/aromatic N) is 3. The Bertz CT molecular complexity index is 1040. The molecule has 1 aromatic carbocycles. The lowest BCUT2D eigenvalue weighted by atomic mass is 10.1. The Morgan fingerprint density at radius 2 is 2.04 bits per heavy atom. The third-order valence-corrected chi connectivity index (χ3v) is 5.06. The molecule has 0 bridgehead atoms. The summed E-state index contributed by atoms with van der Waals surface area (Å²) in [6.45, 7) is 3.06. The van der Waals surface area contributed by atoms with Crippen molar-refractivity contribution in [2.75, 3.05) is 6.54 Å². The molecule has 0 saturated heterocycles. The van der Waals surface area contributed by atoms with E-state index in [9.17, 15) is 4.79 Å². The van der Waals surface area contributed by atoms with Crippen molar-refractivity contribution in [2.45, 2.75) is 13.5 Å². The summed E-state index contributed by atoms with van der Waals surface area (Å²) in [4.78, 5) is 13.4. The summed E-state index contributed by atoms with van der Waals surface area (Å²) >= 11 is 1.66. The average molecular weight is 378 g/mol. The van der Waals surface area contributed by atoms with Crippen LogP contribution in [0, 0.1) is 6.92 Å². The van der Waals surface area contributed by atoms with E-state index in [4.69, 9.17) is 4.52 Å². The maximum absolute atomic E-state index is 12.3. The molecule has 27 heavy (non-hydrogen) atoms. The van der Waals surface area contributed by atoms with Crippen molar-refractivity contribution in [3.8, 4) is 21.9 Å². The summed E-state index contributed by atoms with van der Waals surface area (Å²) in [5.41, 5.74) is 3.17. The summed E-state index contributed by atoms with van der Waals surface area (Å²) in [6, 6.07) is 17.3. The topological polar surface area (TPSA) is 73.0 Å². The molecule has 0 spiro atoms. The van der Waals surface area contributed by atoms with E-state index in [1.165, 1.54) is 0 Å². The normalized spacial score (nSPS) is 10.9. The van der Waals surface area contributed by atoms with E-state index in [2.05, 4.69) is 21.6 Å². The zero-order valence-electron chi connectivity index (χ0n) is 14.8. The van der Waals surface area contributed by atoms with Gasteiger partial charge in [-0.2, -0.15) is 5.10 Å². The molecule has 0 aliphatic carbocycles. The van der Waals surface area contributed by atoms with Crippen molar-refractivity contribution < 1.29 is 9.32 Å². The number of aromatic nitrogens is 3. The third kappa shape index (κ3) is 3.83. The van der Waals surface area contributed by atoms with E-state index in [0.29, 0.717) is 18.8 Å². The first kappa shape index (κ1) is 17.2. The minimum Gasteiger partial charge on any atom is -0.355 e. The number of thiophene rings is 1. The van der Waals surface area contributed by atoms with Crippen molar-refractivity contribution in [3.05, 3.63) is 71.4 Å². The zero-order chi connectivity index (χ0) is 18.6. The second kappa shape index (κ2) is 7.59. The molecule has 0 saturated carbocycles. The molecule has 6 nitrogen and oxygen atoms in total. The van der Waals surface area contributed by atoms with Gasteiger partial charge in [-0.05, 0) is 24.4 Å². The molecular weight excluding hydrogens is 360 g/mol. The summed E-state index contributed by atoms with van der Waals surface area (Å²) in [5.74, 6) is 0.313. The fourth-order valence-electron chi connectivity index (χ4n) is 2.77. The number of hydrogen-bond donors (Lipinski definition) is 1. The molecule has 0 fully saturated rings. The number of rotatable bonds is 6. The standard InChI is InChI=1S/C20H18N4O2S/c1-14-12-16(19-8-5-11-27-19)22-24(14)10-9-21-20(25)17-13-18(26-23-17)15-6-3-2-4-7-15/h2-8,11-13H,9-10H2,1H3,(H,21,25). The van der Waals surface area contributed by atoms with Gasteiger partial charge >= 0.3 is 0 Å². The number of carbonyl (C=O) groups is 1. The van der Waals surface area contributed by atoms with Gasteiger partial charge in [0, 0.05) is 23.9 Å². The first-order valence-corrected chi connectivity index (χ1v) is 9.47. The minimum atomic E-state index is -0.260. The van der Waals surface area contributed by atoms with Crippen molar-refractivity contribution in [1.82, 2.24) is 20.3 Å². The van der Waals surface area contributed by atoms with E-state index in [1.54, 1.807) is 17.4 Å². The van der Waals surface area contributed by atoms with Crippen LogP contribution >= 0.6 is 11.3 Å². The summed E-state index contributed by atoms with van der Waals surface area (Å²) in [6.07, 6.45) is 0. The molecule has 0 unspecified atom stereocenters. The lowest BCUT2D eigenvalue weighted by molar-refractivity contribution is 0.0943. The zero-order valence-corrected chi connectivity index (χ0v) is 15.6. The van der Waals surface area contributed by atoms with Gasteiger partial charge in [0.05, 0.1) is 11.4 Å². The predicted molar refractivity (Wildman–Crippen MR) is 105 cm³/mol. The molecule has 0 aliphatic heterocycles. The Morgan fingerprint density at radius 3 is 2.81 bits per heavy atom. The lowest BCUT2D eigenvalue weighted by Crippen LogP contribution is -2.28. The smallest absolute Gasteiger partial charge is 0.273 e. The molecule has 1 amide bonds. The predicted octanol–water partition coefficient (Wildman–Crippen LogP) is 4.01. The van der Waals surface area contributed by atoms with E-state index >= 15 is 0 Å². The molecule has 3 heterocycles. The van der Waals surface area contributed by atoms with Crippen LogP contribution in [0.25, 0.3) is 21.9 Å². The SMILES string of the molecule is Cc1cc(-c2cccs2)nn1CCNC(=O)c1cc(-c2ccccc2)on1. The summed E-state index contributed by atoms with van der Waals surface area (Å²) in [5, 5.41) is 13.4. The highest BCUT2D eigenvalue weighted by molar-refractivity contribution is 7.13. The van der Waals surface area contributed by atoms with Gasteiger partial charge in [-0.3, -0.25) is 9.48 Å². The molecule has 3 aromatic heterocycles. The number of benzene rings is 1. The Morgan fingerprint density at radius 1 is 1.19 bits per heavy atom. The average Bonchev–Trinajstić information content (AvgIpc) is 3.44. The van der Waals surface area contributed by atoms with Crippen molar-refractivity contribution >= 4 is 17.2 Å². The largest absolute Gasteiger partial charge is 0.355 e. The van der Waals surface area contributed by atoms with Crippen LogP contribution in [0.5, 0.6) is 0 Å². The second-order valence-electron chi connectivity index (χ2n) is 6.07. The molecule has 0 atom stereocenters. The van der Waals surface area contributed by atoms with E-state index in [-0.39, 0.29) is 11.6 Å². The highest BCUT2D eigenvalue weighted by Gasteiger charge is 2.13. The second-order valence-corrected chi connectivity index (χ2v) is 7.02. The van der Waals surface area contributed by atoms with Gasteiger partial charge in [0.1, 0.15) is 5.69 Å². The molecule has 0 aliphatic rings. The molecule has 4 aromatic rings. The van der Waals surface area contributed by atoms with Gasteiger partial charge in [-0.15, -0.1) is 11.3 Å². The van der Waals surface area contributed by atoms with Crippen molar-refractivity contribution in [1.29, 1.82) is 0 Å². The fourth-order valence-corrected chi connectivity index (χ4v) is 3.45.